The molecule has 0 aliphatic heterocycles. The van der Waals surface area contributed by atoms with Gasteiger partial charge in [0.1, 0.15) is 0 Å². The van der Waals surface area contributed by atoms with Crippen molar-refractivity contribution >= 4 is 50.5 Å². The Morgan fingerprint density at radius 3 is 2.14 bits per heavy atom. The average Bonchev–Trinajstić information content (AvgIpc) is 2.67. The maximum Gasteiger partial charge on any atom is 0.261 e. The SMILES string of the molecule is Cc1cc(C(=O)Nc2c(Cl)cccc2Cl)ccc1NS(=O)(=O)c1ccccc1. The molecule has 144 valence electrons. The van der Waals surface area contributed by atoms with E-state index in [1.54, 1.807) is 55.5 Å². The molecule has 0 fully saturated rings. The minimum Gasteiger partial charge on any atom is -0.319 e. The predicted octanol–water partition coefficient (Wildman–Crippen LogP) is 5.35. The number of carbonyl (C=O) groups excluding carboxylic acids is 1. The molecule has 0 aliphatic rings. The van der Waals surface area contributed by atoms with Crippen molar-refractivity contribution in [2.75, 3.05) is 10.0 Å². The third kappa shape index (κ3) is 4.47. The topological polar surface area (TPSA) is 75.3 Å². The van der Waals surface area contributed by atoms with Gasteiger partial charge < -0.3 is 5.32 Å². The van der Waals surface area contributed by atoms with Crippen LogP contribution < -0.4 is 10.0 Å². The van der Waals surface area contributed by atoms with E-state index in [1.165, 1.54) is 18.2 Å². The van der Waals surface area contributed by atoms with Crippen LogP contribution in [0.25, 0.3) is 0 Å². The monoisotopic (exact) mass is 434 g/mol. The Morgan fingerprint density at radius 1 is 0.893 bits per heavy atom. The third-order valence-electron chi connectivity index (χ3n) is 3.99. The largest absolute Gasteiger partial charge is 0.319 e. The second kappa shape index (κ2) is 8.22. The van der Waals surface area contributed by atoms with E-state index in [0.717, 1.165) is 0 Å². The van der Waals surface area contributed by atoms with Crippen LogP contribution in [0.2, 0.25) is 10.0 Å². The fraction of sp³-hybridized carbons (Fsp3) is 0.0500. The highest BCUT2D eigenvalue weighted by molar-refractivity contribution is 7.92. The number of nitrogens with one attached hydrogen (secondary N) is 2. The first-order chi connectivity index (χ1) is 13.3. The summed E-state index contributed by atoms with van der Waals surface area (Å²) < 4.78 is 27.5. The molecule has 0 radical (unpaired) electrons. The molecule has 0 heterocycles. The molecule has 3 aromatic rings. The normalized spacial score (nSPS) is 11.1. The number of carbonyl (C=O) groups is 1. The molecular weight excluding hydrogens is 419 g/mol. The summed E-state index contributed by atoms with van der Waals surface area (Å²) in [6.45, 7) is 1.71. The van der Waals surface area contributed by atoms with Gasteiger partial charge in [-0.3, -0.25) is 9.52 Å². The highest BCUT2D eigenvalue weighted by Crippen LogP contribution is 2.30. The van der Waals surface area contributed by atoms with Crippen molar-refractivity contribution in [1.29, 1.82) is 0 Å². The molecule has 0 unspecified atom stereocenters. The molecule has 1 amide bonds. The number of para-hydroxylation sites is 1. The van der Waals surface area contributed by atoms with Crippen molar-refractivity contribution in [3.05, 3.63) is 87.9 Å². The minimum atomic E-state index is -3.71. The number of anilines is 2. The molecule has 0 spiro atoms. The van der Waals surface area contributed by atoms with Crippen molar-refractivity contribution in [2.24, 2.45) is 0 Å². The molecule has 0 aliphatic carbocycles. The third-order valence-corrected chi connectivity index (χ3v) is 6.00. The summed E-state index contributed by atoms with van der Waals surface area (Å²) >= 11 is 12.1. The lowest BCUT2D eigenvalue weighted by Gasteiger charge is -2.13. The Bertz CT molecular complexity index is 1110. The molecule has 2 N–H and O–H groups in total. The van der Waals surface area contributed by atoms with E-state index < -0.39 is 15.9 Å². The lowest BCUT2D eigenvalue weighted by Crippen LogP contribution is -2.15. The van der Waals surface area contributed by atoms with E-state index in [2.05, 4.69) is 10.0 Å². The van der Waals surface area contributed by atoms with E-state index in [-0.39, 0.29) is 4.90 Å². The summed E-state index contributed by atoms with van der Waals surface area (Å²) in [7, 11) is -3.71. The highest BCUT2D eigenvalue weighted by Gasteiger charge is 2.16. The number of amides is 1. The van der Waals surface area contributed by atoms with Gasteiger partial charge >= 0.3 is 0 Å². The number of aryl methyl sites for hydroxylation is 1. The zero-order valence-electron chi connectivity index (χ0n) is 14.7. The molecule has 0 saturated heterocycles. The number of sulfonamides is 1. The Hall–Kier alpha value is -2.54. The zero-order chi connectivity index (χ0) is 20.3. The fourth-order valence-electron chi connectivity index (χ4n) is 2.53. The fourth-order valence-corrected chi connectivity index (χ4v) is 4.17. The van der Waals surface area contributed by atoms with E-state index in [0.29, 0.717) is 32.5 Å². The van der Waals surface area contributed by atoms with Gasteiger partial charge in [-0.2, -0.15) is 0 Å². The van der Waals surface area contributed by atoms with Crippen LogP contribution in [-0.2, 0) is 10.0 Å². The summed E-state index contributed by atoms with van der Waals surface area (Å²) in [4.78, 5) is 12.7. The van der Waals surface area contributed by atoms with Gasteiger partial charge in [0.2, 0.25) is 0 Å². The van der Waals surface area contributed by atoms with Crippen LogP contribution in [0.15, 0.2) is 71.6 Å². The second-order valence-corrected chi connectivity index (χ2v) is 8.50. The predicted molar refractivity (Wildman–Crippen MR) is 113 cm³/mol. The minimum absolute atomic E-state index is 0.157. The Labute approximate surface area is 173 Å². The summed E-state index contributed by atoms with van der Waals surface area (Å²) in [6, 6.07) is 17.6. The van der Waals surface area contributed by atoms with Gasteiger partial charge in [-0.25, -0.2) is 8.42 Å². The summed E-state index contributed by atoms with van der Waals surface area (Å²) in [6.07, 6.45) is 0. The van der Waals surface area contributed by atoms with Gasteiger partial charge in [0.25, 0.3) is 15.9 Å². The standard InChI is InChI=1S/C20H16Cl2N2O3S/c1-13-12-14(20(25)23-19-16(21)8-5-9-17(19)22)10-11-18(13)24-28(26,27)15-6-3-2-4-7-15/h2-12,24H,1H3,(H,23,25). The maximum atomic E-state index is 12.5. The van der Waals surface area contributed by atoms with E-state index in [1.807, 2.05) is 0 Å². The molecular formula is C20H16Cl2N2O3S. The van der Waals surface area contributed by atoms with E-state index in [9.17, 15) is 13.2 Å². The Balaban J connectivity index is 1.82. The van der Waals surface area contributed by atoms with Crippen LogP contribution in [0.5, 0.6) is 0 Å². The second-order valence-electron chi connectivity index (χ2n) is 6.00. The average molecular weight is 435 g/mol. The smallest absolute Gasteiger partial charge is 0.261 e. The molecule has 28 heavy (non-hydrogen) atoms. The van der Waals surface area contributed by atoms with Gasteiger partial charge in [0.05, 0.1) is 26.3 Å². The molecule has 0 bridgehead atoms. The Kier molecular flexibility index (Phi) is 5.93. The maximum absolute atomic E-state index is 12.5. The van der Waals surface area contributed by atoms with Crippen molar-refractivity contribution in [1.82, 2.24) is 0 Å². The van der Waals surface area contributed by atoms with Crippen molar-refractivity contribution in [3.63, 3.8) is 0 Å². The summed E-state index contributed by atoms with van der Waals surface area (Å²) in [5, 5.41) is 3.32. The van der Waals surface area contributed by atoms with Gasteiger partial charge in [0, 0.05) is 5.56 Å². The van der Waals surface area contributed by atoms with Crippen LogP contribution in [0.3, 0.4) is 0 Å². The first-order valence-electron chi connectivity index (χ1n) is 8.22. The lowest BCUT2D eigenvalue weighted by atomic mass is 10.1. The van der Waals surface area contributed by atoms with Crippen LogP contribution in [0.1, 0.15) is 15.9 Å². The Morgan fingerprint density at radius 2 is 1.54 bits per heavy atom. The van der Waals surface area contributed by atoms with E-state index >= 15 is 0 Å². The number of hydrogen-bond donors (Lipinski definition) is 2. The molecule has 5 nitrogen and oxygen atoms in total. The first kappa shape index (κ1) is 20.2. The number of halogens is 2. The number of benzene rings is 3. The number of hydrogen-bond acceptors (Lipinski definition) is 3. The highest BCUT2D eigenvalue weighted by atomic mass is 35.5. The quantitative estimate of drug-likeness (QED) is 0.567. The van der Waals surface area contributed by atoms with E-state index in [4.69, 9.17) is 23.2 Å². The summed E-state index contributed by atoms with van der Waals surface area (Å²) in [5.41, 5.74) is 1.65. The van der Waals surface area contributed by atoms with Crippen molar-refractivity contribution in [3.8, 4) is 0 Å². The van der Waals surface area contributed by atoms with Crippen LogP contribution >= 0.6 is 23.2 Å². The van der Waals surface area contributed by atoms with Gasteiger partial charge in [0.15, 0.2) is 0 Å². The molecule has 0 saturated carbocycles. The van der Waals surface area contributed by atoms with Gasteiger partial charge in [-0.1, -0.05) is 47.5 Å². The molecule has 3 aromatic carbocycles. The van der Waals surface area contributed by atoms with Gasteiger partial charge in [-0.15, -0.1) is 0 Å². The van der Waals surface area contributed by atoms with Crippen LogP contribution in [0, 0.1) is 6.92 Å². The molecule has 0 aromatic heterocycles. The number of rotatable bonds is 5. The lowest BCUT2D eigenvalue weighted by molar-refractivity contribution is 0.102. The molecule has 3 rings (SSSR count). The van der Waals surface area contributed by atoms with Gasteiger partial charge in [-0.05, 0) is 55.0 Å². The molecule has 8 heteroatoms. The van der Waals surface area contributed by atoms with Crippen LogP contribution in [-0.4, -0.2) is 14.3 Å². The van der Waals surface area contributed by atoms with Crippen LogP contribution in [0.4, 0.5) is 11.4 Å². The van der Waals surface area contributed by atoms with Crippen molar-refractivity contribution < 1.29 is 13.2 Å². The first-order valence-corrected chi connectivity index (χ1v) is 10.5. The zero-order valence-corrected chi connectivity index (χ0v) is 17.1. The van der Waals surface area contributed by atoms with Crippen molar-refractivity contribution in [2.45, 2.75) is 11.8 Å². The molecule has 0 atom stereocenters. The summed E-state index contributed by atoms with van der Waals surface area (Å²) in [5.74, 6) is -0.407.